The van der Waals surface area contributed by atoms with Crippen molar-refractivity contribution >= 4 is 23.0 Å². The van der Waals surface area contributed by atoms with Crippen LogP contribution in [0.5, 0.6) is 11.5 Å². The molecule has 0 aliphatic carbocycles. The fraction of sp³-hybridized carbons (Fsp3) is 0.200. The van der Waals surface area contributed by atoms with E-state index in [9.17, 15) is 5.26 Å². The van der Waals surface area contributed by atoms with Crippen LogP contribution >= 0.6 is 11.3 Å². The Morgan fingerprint density at radius 3 is 2.70 bits per heavy atom. The molecule has 1 heterocycles. The number of thiazole rings is 1. The summed E-state index contributed by atoms with van der Waals surface area (Å²) in [7, 11) is 3.19. The van der Waals surface area contributed by atoms with Crippen molar-refractivity contribution in [1.29, 1.82) is 5.26 Å². The van der Waals surface area contributed by atoms with E-state index in [1.165, 1.54) is 11.3 Å². The van der Waals surface area contributed by atoms with Crippen LogP contribution in [0.25, 0.3) is 11.6 Å². The molecule has 102 valence electrons. The van der Waals surface area contributed by atoms with Crippen LogP contribution < -0.4 is 9.47 Å². The normalized spacial score (nSPS) is 11.0. The Kier molecular flexibility index (Phi) is 4.38. The highest BCUT2D eigenvalue weighted by molar-refractivity contribution is 7.11. The Bertz CT molecular complexity index is 683. The smallest absolute Gasteiger partial charge is 0.134 e. The van der Waals surface area contributed by atoms with Crippen LogP contribution in [0.4, 0.5) is 0 Å². The van der Waals surface area contributed by atoms with Gasteiger partial charge in [0.2, 0.25) is 0 Å². The third-order valence-corrected chi connectivity index (χ3v) is 3.70. The topological polar surface area (TPSA) is 55.1 Å². The van der Waals surface area contributed by atoms with E-state index in [0.717, 1.165) is 11.3 Å². The second kappa shape index (κ2) is 6.22. The van der Waals surface area contributed by atoms with Crippen molar-refractivity contribution in [2.24, 2.45) is 0 Å². The second-order valence-corrected chi connectivity index (χ2v) is 4.93. The minimum Gasteiger partial charge on any atom is -0.497 e. The summed E-state index contributed by atoms with van der Waals surface area (Å²) in [5.41, 5.74) is 2.25. The summed E-state index contributed by atoms with van der Waals surface area (Å²) in [6.07, 6.45) is 1.77. The van der Waals surface area contributed by atoms with Gasteiger partial charge in [-0.1, -0.05) is 0 Å². The molecule has 0 amide bonds. The fourth-order valence-corrected chi connectivity index (χ4v) is 2.48. The Morgan fingerprint density at radius 1 is 1.35 bits per heavy atom. The third-order valence-electron chi connectivity index (χ3n) is 2.71. The van der Waals surface area contributed by atoms with E-state index in [4.69, 9.17) is 9.47 Å². The average Bonchev–Trinajstić information content (AvgIpc) is 2.91. The van der Waals surface area contributed by atoms with Crippen LogP contribution in [0.2, 0.25) is 0 Å². The summed E-state index contributed by atoms with van der Waals surface area (Å²) in [5, 5.41) is 11.9. The van der Waals surface area contributed by atoms with Crippen molar-refractivity contribution < 1.29 is 9.47 Å². The van der Waals surface area contributed by atoms with Crippen molar-refractivity contribution in [2.75, 3.05) is 14.2 Å². The van der Waals surface area contributed by atoms with E-state index in [1.54, 1.807) is 26.4 Å². The van der Waals surface area contributed by atoms with Gasteiger partial charge in [0.1, 0.15) is 22.6 Å². The van der Waals surface area contributed by atoms with Gasteiger partial charge < -0.3 is 9.47 Å². The first-order valence-electron chi connectivity index (χ1n) is 5.94. The van der Waals surface area contributed by atoms with Crippen molar-refractivity contribution in [3.63, 3.8) is 0 Å². The molecule has 0 bridgehead atoms. The largest absolute Gasteiger partial charge is 0.497 e. The number of ether oxygens (including phenoxy) is 2. The van der Waals surface area contributed by atoms with Gasteiger partial charge in [-0.15, -0.1) is 11.3 Å². The number of methoxy groups -OCH3 is 2. The molecule has 2 aromatic rings. The Balaban J connectivity index is 2.45. The molecule has 5 heteroatoms. The number of rotatable bonds is 4. The van der Waals surface area contributed by atoms with Crippen LogP contribution in [0.3, 0.4) is 0 Å². The molecule has 0 unspecified atom stereocenters. The molecule has 0 aliphatic heterocycles. The van der Waals surface area contributed by atoms with Gasteiger partial charge in [-0.25, -0.2) is 4.98 Å². The Hall–Kier alpha value is -2.32. The van der Waals surface area contributed by atoms with Gasteiger partial charge >= 0.3 is 0 Å². The quantitative estimate of drug-likeness (QED) is 0.807. The lowest BCUT2D eigenvalue weighted by Crippen LogP contribution is -1.90. The van der Waals surface area contributed by atoms with E-state index >= 15 is 0 Å². The molecule has 1 aromatic carbocycles. The maximum absolute atomic E-state index is 9.30. The zero-order valence-corrected chi connectivity index (χ0v) is 12.3. The van der Waals surface area contributed by atoms with Gasteiger partial charge in [0.05, 0.1) is 19.8 Å². The first-order valence-corrected chi connectivity index (χ1v) is 6.82. The van der Waals surface area contributed by atoms with Crippen molar-refractivity contribution in [3.05, 3.63) is 39.8 Å². The fourth-order valence-electron chi connectivity index (χ4n) is 1.71. The summed E-state index contributed by atoms with van der Waals surface area (Å²) < 4.78 is 10.5. The number of hydrogen-bond acceptors (Lipinski definition) is 5. The van der Waals surface area contributed by atoms with Gasteiger partial charge in [0.15, 0.2) is 0 Å². The van der Waals surface area contributed by atoms with E-state index in [2.05, 4.69) is 11.1 Å². The molecule has 1 aromatic heterocycles. The Morgan fingerprint density at radius 2 is 2.15 bits per heavy atom. The van der Waals surface area contributed by atoms with Crippen LogP contribution in [0.15, 0.2) is 23.6 Å². The van der Waals surface area contributed by atoms with E-state index < -0.39 is 0 Å². The molecular weight excluding hydrogens is 272 g/mol. The number of hydrogen-bond donors (Lipinski definition) is 0. The molecular formula is C15H14N2O2S. The van der Waals surface area contributed by atoms with Gasteiger partial charge in [-0.2, -0.15) is 5.26 Å². The van der Waals surface area contributed by atoms with Crippen LogP contribution in [0.1, 0.15) is 16.3 Å². The molecule has 0 saturated heterocycles. The standard InChI is InChI=1S/C15H14N2O2S/c1-10-9-20-15(17-10)12(8-16)6-11-4-5-13(18-2)7-14(11)19-3/h4-7,9H,1-3H3. The second-order valence-electron chi connectivity index (χ2n) is 4.07. The third kappa shape index (κ3) is 2.98. The number of nitriles is 1. The van der Waals surface area contributed by atoms with Crippen LogP contribution in [-0.4, -0.2) is 19.2 Å². The van der Waals surface area contributed by atoms with Crippen LogP contribution in [0, 0.1) is 18.3 Å². The van der Waals surface area contributed by atoms with Gasteiger partial charge in [0.25, 0.3) is 0 Å². The summed E-state index contributed by atoms with van der Waals surface area (Å²) >= 11 is 1.46. The average molecular weight is 286 g/mol. The maximum atomic E-state index is 9.30. The molecule has 0 atom stereocenters. The van der Waals surface area contributed by atoms with Crippen molar-refractivity contribution in [1.82, 2.24) is 4.98 Å². The van der Waals surface area contributed by atoms with Crippen molar-refractivity contribution in [2.45, 2.75) is 6.92 Å². The highest BCUT2D eigenvalue weighted by Gasteiger charge is 2.09. The molecule has 0 fully saturated rings. The molecule has 0 spiro atoms. The summed E-state index contributed by atoms with van der Waals surface area (Å²) in [5.74, 6) is 1.37. The van der Waals surface area contributed by atoms with Gasteiger partial charge in [-0.05, 0) is 25.1 Å². The molecule has 0 aliphatic rings. The first kappa shape index (κ1) is 14.1. The number of benzene rings is 1. The highest BCUT2D eigenvalue weighted by Crippen LogP contribution is 2.29. The summed E-state index contributed by atoms with van der Waals surface area (Å²) in [6.45, 7) is 1.91. The number of aryl methyl sites for hydroxylation is 1. The lowest BCUT2D eigenvalue weighted by molar-refractivity contribution is 0.394. The number of aromatic nitrogens is 1. The molecule has 0 saturated carbocycles. The summed E-state index contributed by atoms with van der Waals surface area (Å²) in [4.78, 5) is 4.33. The zero-order chi connectivity index (χ0) is 14.5. The number of allylic oxidation sites excluding steroid dienone is 1. The Labute approximate surface area is 121 Å². The zero-order valence-electron chi connectivity index (χ0n) is 11.5. The molecule has 2 rings (SSSR count). The molecule has 4 nitrogen and oxygen atoms in total. The predicted molar refractivity (Wildman–Crippen MR) is 79.9 cm³/mol. The van der Waals surface area contributed by atoms with Gasteiger partial charge in [-0.3, -0.25) is 0 Å². The summed E-state index contributed by atoms with van der Waals surface area (Å²) in [6, 6.07) is 7.65. The highest BCUT2D eigenvalue weighted by atomic mass is 32.1. The minimum atomic E-state index is 0.520. The molecule has 0 radical (unpaired) electrons. The maximum Gasteiger partial charge on any atom is 0.134 e. The monoisotopic (exact) mass is 286 g/mol. The van der Waals surface area contributed by atoms with E-state index in [0.29, 0.717) is 22.1 Å². The molecule has 20 heavy (non-hydrogen) atoms. The van der Waals surface area contributed by atoms with E-state index in [-0.39, 0.29) is 0 Å². The lowest BCUT2D eigenvalue weighted by Gasteiger charge is -2.07. The van der Waals surface area contributed by atoms with Crippen LogP contribution in [-0.2, 0) is 0 Å². The lowest BCUT2D eigenvalue weighted by atomic mass is 10.1. The van der Waals surface area contributed by atoms with Crippen molar-refractivity contribution in [3.8, 4) is 17.6 Å². The van der Waals surface area contributed by atoms with E-state index in [1.807, 2.05) is 24.4 Å². The predicted octanol–water partition coefficient (Wildman–Crippen LogP) is 3.53. The first-order chi connectivity index (χ1) is 9.67. The van der Waals surface area contributed by atoms with Gasteiger partial charge in [0, 0.05) is 22.7 Å². The minimum absolute atomic E-state index is 0.520. The molecule has 0 N–H and O–H groups in total. The SMILES string of the molecule is COc1ccc(C=C(C#N)c2nc(C)cs2)c(OC)c1. The number of nitrogens with zero attached hydrogens (tertiary/aromatic N) is 2.